The Kier molecular flexibility index (Phi) is 5.51. The SMILES string of the molecule is CN(C(=O)c1ccc(Oc2ccc([N+](=O)[O-])cc2)cc1)C1CCCCC1. The van der Waals surface area contributed by atoms with Crippen molar-refractivity contribution in [1.29, 1.82) is 0 Å². The molecule has 0 radical (unpaired) electrons. The third kappa shape index (κ3) is 4.20. The monoisotopic (exact) mass is 354 g/mol. The molecule has 0 bridgehead atoms. The van der Waals surface area contributed by atoms with Gasteiger partial charge in [-0.25, -0.2) is 0 Å². The average molecular weight is 354 g/mol. The fraction of sp³-hybridized carbons (Fsp3) is 0.350. The molecule has 26 heavy (non-hydrogen) atoms. The Morgan fingerprint density at radius 3 is 2.08 bits per heavy atom. The first-order valence-corrected chi connectivity index (χ1v) is 8.84. The summed E-state index contributed by atoms with van der Waals surface area (Å²) in [4.78, 5) is 24.7. The number of ether oxygens (including phenoxy) is 1. The maximum absolute atomic E-state index is 12.6. The van der Waals surface area contributed by atoms with Crippen molar-refractivity contribution in [3.63, 3.8) is 0 Å². The van der Waals surface area contributed by atoms with Crippen molar-refractivity contribution in [2.24, 2.45) is 0 Å². The number of nitrogens with zero attached hydrogens (tertiary/aromatic N) is 2. The van der Waals surface area contributed by atoms with Gasteiger partial charge in [-0.3, -0.25) is 14.9 Å². The number of carbonyl (C=O) groups excluding carboxylic acids is 1. The average Bonchev–Trinajstić information content (AvgIpc) is 2.68. The molecule has 0 atom stereocenters. The summed E-state index contributed by atoms with van der Waals surface area (Å²) in [5.74, 6) is 1.11. The molecule has 6 nitrogen and oxygen atoms in total. The highest BCUT2D eigenvalue weighted by Crippen LogP contribution is 2.26. The van der Waals surface area contributed by atoms with Crippen LogP contribution in [0.5, 0.6) is 11.5 Å². The largest absolute Gasteiger partial charge is 0.457 e. The lowest BCUT2D eigenvalue weighted by atomic mass is 9.94. The van der Waals surface area contributed by atoms with Crippen LogP contribution in [0.2, 0.25) is 0 Å². The van der Waals surface area contributed by atoms with Gasteiger partial charge in [0, 0.05) is 30.8 Å². The van der Waals surface area contributed by atoms with E-state index in [1.165, 1.54) is 31.4 Å². The van der Waals surface area contributed by atoms with Crippen LogP contribution in [-0.4, -0.2) is 28.8 Å². The molecule has 1 amide bonds. The van der Waals surface area contributed by atoms with Crippen LogP contribution in [0, 0.1) is 10.1 Å². The Hall–Kier alpha value is -2.89. The van der Waals surface area contributed by atoms with E-state index in [1.54, 1.807) is 36.4 Å². The molecule has 1 aliphatic rings. The fourth-order valence-corrected chi connectivity index (χ4v) is 3.28. The van der Waals surface area contributed by atoms with E-state index in [0.717, 1.165) is 12.8 Å². The van der Waals surface area contributed by atoms with Gasteiger partial charge >= 0.3 is 0 Å². The molecule has 6 heteroatoms. The molecule has 136 valence electrons. The van der Waals surface area contributed by atoms with Gasteiger partial charge in [0.05, 0.1) is 4.92 Å². The predicted octanol–water partition coefficient (Wildman–Crippen LogP) is 4.79. The van der Waals surface area contributed by atoms with Crippen LogP contribution in [0.1, 0.15) is 42.5 Å². The predicted molar refractivity (Wildman–Crippen MR) is 98.6 cm³/mol. The Morgan fingerprint density at radius 2 is 1.54 bits per heavy atom. The minimum atomic E-state index is -0.451. The van der Waals surface area contributed by atoms with Gasteiger partial charge in [-0.1, -0.05) is 19.3 Å². The molecule has 3 rings (SSSR count). The Balaban J connectivity index is 1.64. The highest BCUT2D eigenvalue weighted by atomic mass is 16.6. The lowest BCUT2D eigenvalue weighted by molar-refractivity contribution is -0.384. The number of carbonyl (C=O) groups is 1. The van der Waals surface area contributed by atoms with Gasteiger partial charge in [-0.2, -0.15) is 0 Å². The van der Waals surface area contributed by atoms with E-state index in [9.17, 15) is 14.9 Å². The van der Waals surface area contributed by atoms with Crippen molar-refractivity contribution in [2.45, 2.75) is 38.1 Å². The van der Waals surface area contributed by atoms with Gasteiger partial charge in [0.25, 0.3) is 11.6 Å². The maximum Gasteiger partial charge on any atom is 0.269 e. The number of rotatable bonds is 5. The summed E-state index contributed by atoms with van der Waals surface area (Å²) >= 11 is 0. The topological polar surface area (TPSA) is 72.7 Å². The summed E-state index contributed by atoms with van der Waals surface area (Å²) in [5, 5.41) is 10.7. The van der Waals surface area contributed by atoms with Gasteiger partial charge in [0.1, 0.15) is 11.5 Å². The zero-order valence-electron chi connectivity index (χ0n) is 14.8. The first-order chi connectivity index (χ1) is 12.5. The first kappa shape index (κ1) is 17.9. The van der Waals surface area contributed by atoms with Gasteiger partial charge in [0.2, 0.25) is 0 Å². The van der Waals surface area contributed by atoms with Crippen LogP contribution in [0.15, 0.2) is 48.5 Å². The van der Waals surface area contributed by atoms with E-state index in [0.29, 0.717) is 23.1 Å². The molecule has 0 unspecified atom stereocenters. The van der Waals surface area contributed by atoms with E-state index < -0.39 is 4.92 Å². The fourth-order valence-electron chi connectivity index (χ4n) is 3.28. The van der Waals surface area contributed by atoms with Crippen LogP contribution in [0.4, 0.5) is 5.69 Å². The Labute approximate surface area is 152 Å². The molecular formula is C20H22N2O4. The van der Waals surface area contributed by atoms with Crippen molar-refractivity contribution < 1.29 is 14.5 Å². The molecule has 1 fully saturated rings. The summed E-state index contributed by atoms with van der Waals surface area (Å²) < 4.78 is 5.68. The van der Waals surface area contributed by atoms with E-state index in [1.807, 2.05) is 11.9 Å². The lowest BCUT2D eigenvalue weighted by Gasteiger charge is -2.31. The van der Waals surface area contributed by atoms with E-state index in [2.05, 4.69) is 0 Å². The van der Waals surface area contributed by atoms with Crippen molar-refractivity contribution in [1.82, 2.24) is 4.90 Å². The smallest absolute Gasteiger partial charge is 0.269 e. The van der Waals surface area contributed by atoms with Crippen molar-refractivity contribution >= 4 is 11.6 Å². The second kappa shape index (κ2) is 7.99. The van der Waals surface area contributed by atoms with Gasteiger partial charge in [0.15, 0.2) is 0 Å². The van der Waals surface area contributed by atoms with Crippen molar-refractivity contribution in [3.05, 3.63) is 64.2 Å². The highest BCUT2D eigenvalue weighted by molar-refractivity contribution is 5.94. The van der Waals surface area contributed by atoms with Crippen LogP contribution >= 0.6 is 0 Å². The minimum Gasteiger partial charge on any atom is -0.457 e. The summed E-state index contributed by atoms with van der Waals surface area (Å²) in [5.41, 5.74) is 0.651. The zero-order chi connectivity index (χ0) is 18.5. The molecule has 0 aromatic heterocycles. The summed E-state index contributed by atoms with van der Waals surface area (Å²) in [7, 11) is 1.87. The van der Waals surface area contributed by atoms with Gasteiger partial charge < -0.3 is 9.64 Å². The van der Waals surface area contributed by atoms with Crippen LogP contribution in [0.25, 0.3) is 0 Å². The second-order valence-corrected chi connectivity index (χ2v) is 6.59. The summed E-state index contributed by atoms with van der Waals surface area (Å²) in [6, 6.07) is 13.2. The standard InChI is InChI=1S/C20H22N2O4/c1-21(16-5-3-2-4-6-16)20(23)15-7-11-18(12-8-15)26-19-13-9-17(10-14-19)22(24)25/h7-14,16H,2-6H2,1H3. The molecule has 1 saturated carbocycles. The number of nitro groups is 1. The lowest BCUT2D eigenvalue weighted by Crippen LogP contribution is -2.38. The van der Waals surface area contributed by atoms with E-state index in [4.69, 9.17) is 4.74 Å². The van der Waals surface area contributed by atoms with Crippen LogP contribution in [0.3, 0.4) is 0 Å². The molecule has 0 aliphatic heterocycles. The summed E-state index contributed by atoms with van der Waals surface area (Å²) in [6.45, 7) is 0. The first-order valence-electron chi connectivity index (χ1n) is 8.84. The molecule has 0 heterocycles. The highest BCUT2D eigenvalue weighted by Gasteiger charge is 2.22. The molecular weight excluding hydrogens is 332 g/mol. The number of hydrogen-bond acceptors (Lipinski definition) is 4. The molecule has 2 aromatic carbocycles. The zero-order valence-corrected chi connectivity index (χ0v) is 14.8. The number of non-ortho nitro benzene ring substituents is 1. The Morgan fingerprint density at radius 1 is 1.00 bits per heavy atom. The van der Waals surface area contributed by atoms with Crippen molar-refractivity contribution in [3.8, 4) is 11.5 Å². The molecule has 1 aliphatic carbocycles. The number of hydrogen-bond donors (Lipinski definition) is 0. The number of benzene rings is 2. The quantitative estimate of drug-likeness (QED) is 0.571. The summed E-state index contributed by atoms with van der Waals surface area (Å²) in [6.07, 6.45) is 5.77. The third-order valence-electron chi connectivity index (χ3n) is 4.83. The molecule has 0 spiro atoms. The normalized spacial score (nSPS) is 14.7. The number of nitro benzene ring substituents is 1. The van der Waals surface area contributed by atoms with Crippen molar-refractivity contribution in [2.75, 3.05) is 7.05 Å². The van der Waals surface area contributed by atoms with Gasteiger partial charge in [-0.15, -0.1) is 0 Å². The van der Waals surface area contributed by atoms with Crippen LogP contribution in [-0.2, 0) is 0 Å². The molecule has 2 aromatic rings. The van der Waals surface area contributed by atoms with E-state index >= 15 is 0 Å². The van der Waals surface area contributed by atoms with Crippen LogP contribution < -0.4 is 4.74 Å². The van der Waals surface area contributed by atoms with Gasteiger partial charge in [-0.05, 0) is 49.2 Å². The third-order valence-corrected chi connectivity index (χ3v) is 4.83. The maximum atomic E-state index is 12.6. The molecule has 0 saturated heterocycles. The van der Waals surface area contributed by atoms with E-state index in [-0.39, 0.29) is 11.6 Å². The second-order valence-electron chi connectivity index (χ2n) is 6.59. The number of amides is 1. The Bertz CT molecular complexity index is 765. The minimum absolute atomic E-state index is 0.0176. The molecule has 0 N–H and O–H groups in total.